The number of ether oxygens (including phenoxy) is 1. The lowest BCUT2D eigenvalue weighted by Gasteiger charge is -2.36. The van der Waals surface area contributed by atoms with Crippen molar-refractivity contribution in [2.75, 3.05) is 19.7 Å². The highest BCUT2D eigenvalue weighted by Gasteiger charge is 2.38. The van der Waals surface area contributed by atoms with Gasteiger partial charge in [-0.15, -0.1) is 0 Å². The molecule has 0 bridgehead atoms. The summed E-state index contributed by atoms with van der Waals surface area (Å²) in [5.41, 5.74) is 4.39. The van der Waals surface area contributed by atoms with Crippen LogP contribution in [0.4, 0.5) is 4.79 Å². The Bertz CT molecular complexity index is 1090. The Morgan fingerprint density at radius 2 is 1.74 bits per heavy atom. The Labute approximate surface area is 203 Å². The largest absolute Gasteiger partial charge is 0.481 e. The molecule has 1 fully saturated rings. The van der Waals surface area contributed by atoms with Crippen molar-refractivity contribution >= 4 is 23.9 Å². The molecule has 0 spiro atoms. The van der Waals surface area contributed by atoms with E-state index < -0.39 is 42.4 Å². The average Bonchev–Trinajstić information content (AvgIpc) is 3.17. The molecule has 2 aromatic carbocycles. The summed E-state index contributed by atoms with van der Waals surface area (Å²) in [4.78, 5) is 50.7. The molecule has 3 N–H and O–H groups in total. The fourth-order valence-corrected chi connectivity index (χ4v) is 4.88. The van der Waals surface area contributed by atoms with Crippen LogP contribution in [-0.4, -0.2) is 65.7 Å². The minimum atomic E-state index is -1.18. The predicted octanol–water partition coefficient (Wildman–Crippen LogP) is 2.50. The maximum absolute atomic E-state index is 13.2. The molecular formula is C26H29N3O6. The van der Waals surface area contributed by atoms with E-state index in [0.29, 0.717) is 12.8 Å². The van der Waals surface area contributed by atoms with Crippen LogP contribution in [0.3, 0.4) is 0 Å². The van der Waals surface area contributed by atoms with Gasteiger partial charge in [0.1, 0.15) is 18.7 Å². The molecule has 0 saturated carbocycles. The van der Waals surface area contributed by atoms with Crippen molar-refractivity contribution in [3.05, 3.63) is 59.7 Å². The van der Waals surface area contributed by atoms with Crippen LogP contribution in [0.5, 0.6) is 0 Å². The van der Waals surface area contributed by atoms with Gasteiger partial charge in [-0.1, -0.05) is 61.9 Å². The minimum absolute atomic E-state index is 0.112. The van der Waals surface area contributed by atoms with E-state index in [0.717, 1.165) is 22.3 Å². The zero-order valence-corrected chi connectivity index (χ0v) is 19.5. The fourth-order valence-electron chi connectivity index (χ4n) is 4.88. The van der Waals surface area contributed by atoms with Gasteiger partial charge in [-0.2, -0.15) is 0 Å². The van der Waals surface area contributed by atoms with E-state index in [9.17, 15) is 24.3 Å². The first-order valence-corrected chi connectivity index (χ1v) is 11.8. The van der Waals surface area contributed by atoms with Crippen molar-refractivity contribution < 1.29 is 29.0 Å². The number of hydrogen-bond acceptors (Lipinski definition) is 5. The molecule has 1 saturated heterocycles. The van der Waals surface area contributed by atoms with E-state index in [1.54, 1.807) is 0 Å². The molecule has 4 rings (SSSR count). The minimum Gasteiger partial charge on any atom is -0.481 e. The van der Waals surface area contributed by atoms with E-state index in [-0.39, 0.29) is 25.6 Å². The highest BCUT2D eigenvalue weighted by atomic mass is 16.5. The second kappa shape index (κ2) is 10.6. The van der Waals surface area contributed by atoms with Gasteiger partial charge < -0.3 is 25.4 Å². The number of amides is 3. The highest BCUT2D eigenvalue weighted by Crippen LogP contribution is 2.44. The third kappa shape index (κ3) is 5.13. The van der Waals surface area contributed by atoms with Crippen molar-refractivity contribution in [2.24, 2.45) is 0 Å². The summed E-state index contributed by atoms with van der Waals surface area (Å²) in [6, 6.07) is 14.0. The van der Waals surface area contributed by atoms with Crippen molar-refractivity contribution in [1.29, 1.82) is 0 Å². The van der Waals surface area contributed by atoms with Crippen LogP contribution in [0.15, 0.2) is 48.5 Å². The summed E-state index contributed by atoms with van der Waals surface area (Å²) >= 11 is 0. The van der Waals surface area contributed by atoms with Crippen LogP contribution in [0.25, 0.3) is 11.1 Å². The topological polar surface area (TPSA) is 125 Å². The first-order valence-electron chi connectivity index (χ1n) is 11.8. The van der Waals surface area contributed by atoms with Gasteiger partial charge in [0, 0.05) is 19.0 Å². The van der Waals surface area contributed by atoms with Gasteiger partial charge in [-0.3, -0.25) is 14.4 Å². The Morgan fingerprint density at radius 3 is 2.34 bits per heavy atom. The Hall–Kier alpha value is -3.88. The molecule has 9 nitrogen and oxygen atoms in total. The molecule has 1 heterocycles. The summed E-state index contributed by atoms with van der Waals surface area (Å²) in [5, 5.41) is 14.4. The van der Waals surface area contributed by atoms with Crippen molar-refractivity contribution in [1.82, 2.24) is 15.5 Å². The van der Waals surface area contributed by atoms with E-state index in [1.807, 2.05) is 55.5 Å². The second-order valence-electron chi connectivity index (χ2n) is 8.75. The number of rotatable bonds is 8. The molecular weight excluding hydrogens is 450 g/mol. The zero-order valence-electron chi connectivity index (χ0n) is 19.5. The van der Waals surface area contributed by atoms with E-state index in [1.165, 1.54) is 4.90 Å². The molecule has 1 aliphatic carbocycles. The second-order valence-corrected chi connectivity index (χ2v) is 8.75. The normalized spacial score (nSPS) is 17.7. The zero-order chi connectivity index (χ0) is 24.9. The van der Waals surface area contributed by atoms with Gasteiger partial charge in [0.05, 0.1) is 6.42 Å². The number of carbonyl (C=O) groups excluding carboxylic acids is 3. The number of nitrogens with one attached hydrogen (secondary N) is 2. The third-order valence-electron chi connectivity index (χ3n) is 6.49. The van der Waals surface area contributed by atoms with Gasteiger partial charge in [-0.25, -0.2) is 4.79 Å². The molecule has 0 radical (unpaired) electrons. The van der Waals surface area contributed by atoms with Crippen molar-refractivity contribution in [3.63, 3.8) is 0 Å². The summed E-state index contributed by atoms with van der Waals surface area (Å²) in [6.07, 6.45) is -0.290. The van der Waals surface area contributed by atoms with Crippen LogP contribution >= 0.6 is 0 Å². The summed E-state index contributed by atoms with van der Waals surface area (Å²) in [5.74, 6) is -2.29. The fraction of sp³-hybridized carbons (Fsp3) is 0.385. The van der Waals surface area contributed by atoms with Gasteiger partial charge in [0.2, 0.25) is 11.8 Å². The lowest BCUT2D eigenvalue weighted by molar-refractivity contribution is -0.149. The maximum Gasteiger partial charge on any atom is 0.407 e. The van der Waals surface area contributed by atoms with Crippen LogP contribution < -0.4 is 10.6 Å². The molecule has 184 valence electrons. The van der Waals surface area contributed by atoms with Gasteiger partial charge >= 0.3 is 12.1 Å². The molecule has 0 aromatic heterocycles. The number of carboxylic acids is 1. The Kier molecular flexibility index (Phi) is 7.33. The van der Waals surface area contributed by atoms with Crippen molar-refractivity contribution in [2.45, 2.75) is 44.2 Å². The smallest absolute Gasteiger partial charge is 0.407 e. The van der Waals surface area contributed by atoms with Crippen LogP contribution in [-0.2, 0) is 19.1 Å². The predicted molar refractivity (Wildman–Crippen MR) is 128 cm³/mol. The summed E-state index contributed by atoms with van der Waals surface area (Å²) < 4.78 is 5.57. The Balaban J connectivity index is 1.44. The summed E-state index contributed by atoms with van der Waals surface area (Å²) in [6.45, 7) is 2.39. The monoisotopic (exact) mass is 479 g/mol. The van der Waals surface area contributed by atoms with E-state index in [2.05, 4.69) is 10.6 Å². The van der Waals surface area contributed by atoms with Gasteiger partial charge in [-0.05, 0) is 28.7 Å². The number of carbonyl (C=O) groups is 4. The third-order valence-corrected chi connectivity index (χ3v) is 6.49. The van der Waals surface area contributed by atoms with Crippen LogP contribution in [0.2, 0.25) is 0 Å². The van der Waals surface area contributed by atoms with Gasteiger partial charge in [0.15, 0.2) is 0 Å². The number of carboxylic acid groups (broad SMARTS) is 1. The van der Waals surface area contributed by atoms with E-state index in [4.69, 9.17) is 4.74 Å². The number of nitrogens with zero attached hydrogens (tertiary/aromatic N) is 1. The van der Waals surface area contributed by atoms with E-state index >= 15 is 0 Å². The number of aliphatic carboxylic acids is 1. The first kappa shape index (κ1) is 24.3. The number of alkyl carbamates (subject to hydrolysis) is 1. The number of benzene rings is 2. The molecule has 1 unspecified atom stereocenters. The molecule has 35 heavy (non-hydrogen) atoms. The van der Waals surface area contributed by atoms with Crippen LogP contribution in [0, 0.1) is 0 Å². The molecule has 1 aliphatic heterocycles. The molecule has 2 aliphatic rings. The number of piperazine rings is 1. The first-order chi connectivity index (χ1) is 16.9. The molecule has 2 atom stereocenters. The Morgan fingerprint density at radius 1 is 1.11 bits per heavy atom. The average molecular weight is 480 g/mol. The molecule has 9 heteroatoms. The number of fused-ring (bicyclic) bond motifs is 3. The standard InChI is InChI=1S/C26H29N3O6/c1-2-7-21(25(33)29-13-12-27-24(32)22(29)14-23(30)31)28-26(34)35-15-20-18-10-5-3-8-16(18)17-9-4-6-11-19(17)20/h3-6,8-11,20-22H,2,7,12-15H2,1H3,(H,27,32)(H,28,34)(H,30,31)/t21-,22?/m1/s1. The maximum atomic E-state index is 13.2. The quantitative estimate of drug-likeness (QED) is 0.534. The van der Waals surface area contributed by atoms with Crippen molar-refractivity contribution in [3.8, 4) is 11.1 Å². The van der Waals surface area contributed by atoms with Crippen LogP contribution in [0.1, 0.15) is 43.2 Å². The number of hydrogen-bond donors (Lipinski definition) is 3. The highest BCUT2D eigenvalue weighted by molar-refractivity contribution is 5.94. The molecule has 3 amide bonds. The van der Waals surface area contributed by atoms with Gasteiger partial charge in [0.25, 0.3) is 0 Å². The lowest BCUT2D eigenvalue weighted by atomic mass is 9.98. The lowest BCUT2D eigenvalue weighted by Crippen LogP contribution is -2.61. The molecule has 2 aromatic rings. The summed E-state index contributed by atoms with van der Waals surface area (Å²) in [7, 11) is 0. The SMILES string of the molecule is CCC[C@@H](NC(=O)OCC1c2ccccc2-c2ccccc21)C(=O)N1CCNC(=O)C1CC(=O)O.